The maximum atomic E-state index is 11.8. The van der Waals surface area contributed by atoms with E-state index in [0.29, 0.717) is 23.1 Å². The summed E-state index contributed by atoms with van der Waals surface area (Å²) < 4.78 is 16.8. The van der Waals surface area contributed by atoms with E-state index < -0.39 is 13.1 Å². The first-order valence-corrected chi connectivity index (χ1v) is 8.17. The molecular weight excluding hydrogens is 335 g/mol. The third-order valence-electron chi connectivity index (χ3n) is 2.86. The van der Waals surface area contributed by atoms with Crippen LogP contribution in [0.25, 0.3) is 0 Å². The van der Waals surface area contributed by atoms with Gasteiger partial charge >= 0.3 is 7.60 Å². The predicted molar refractivity (Wildman–Crippen MR) is 75.8 cm³/mol. The third-order valence-corrected chi connectivity index (χ3v) is 4.54. The molecule has 0 aliphatic rings. The lowest BCUT2D eigenvalue weighted by molar-refractivity contribution is 0.104. The van der Waals surface area contributed by atoms with Crippen LogP contribution in [0.15, 0.2) is 10.5 Å². The second kappa shape index (κ2) is 6.18. The lowest BCUT2D eigenvalue weighted by Crippen LogP contribution is -2.07. The molecule has 0 amide bonds. The van der Waals surface area contributed by atoms with Gasteiger partial charge in [-0.1, -0.05) is 13.8 Å². The highest BCUT2D eigenvalue weighted by Crippen LogP contribution is 2.44. The van der Waals surface area contributed by atoms with Gasteiger partial charge in [0.2, 0.25) is 0 Å². The molecule has 0 unspecified atom stereocenters. The fourth-order valence-electron chi connectivity index (χ4n) is 1.98. The molecule has 1 aromatic carbocycles. The highest BCUT2D eigenvalue weighted by molar-refractivity contribution is 9.10. The van der Waals surface area contributed by atoms with Crippen LogP contribution in [0, 0.1) is 0 Å². The van der Waals surface area contributed by atoms with Gasteiger partial charge in [-0.15, -0.1) is 0 Å². The Morgan fingerprint density at radius 2 is 1.84 bits per heavy atom. The van der Waals surface area contributed by atoms with Crippen molar-refractivity contribution in [2.24, 2.45) is 0 Å². The first-order chi connectivity index (χ1) is 8.77. The van der Waals surface area contributed by atoms with Gasteiger partial charge in [0, 0.05) is 10.0 Å². The fourth-order valence-corrected chi connectivity index (χ4v) is 3.43. The van der Waals surface area contributed by atoms with Crippen molar-refractivity contribution in [3.05, 3.63) is 27.2 Å². The molecule has 5 nitrogen and oxygen atoms in total. The predicted octanol–water partition coefficient (Wildman–Crippen LogP) is 2.90. The van der Waals surface area contributed by atoms with Crippen LogP contribution in [0.3, 0.4) is 0 Å². The first-order valence-electron chi connectivity index (χ1n) is 5.76. The summed E-state index contributed by atoms with van der Waals surface area (Å²) in [6, 6.07) is 1.38. The molecule has 0 aromatic heterocycles. The highest BCUT2D eigenvalue weighted by atomic mass is 79.9. The lowest BCUT2D eigenvalue weighted by atomic mass is 9.99. The number of hydrogen-bond donors (Lipinski definition) is 2. The van der Waals surface area contributed by atoms with Gasteiger partial charge in [0.25, 0.3) is 5.52 Å². The number of ether oxygens (including phenoxy) is 1. The van der Waals surface area contributed by atoms with Crippen LogP contribution in [-0.2, 0) is 17.4 Å². The molecule has 0 spiro atoms. The number of hydrogen-bond acceptors (Lipinski definition) is 3. The van der Waals surface area contributed by atoms with Crippen molar-refractivity contribution in [1.82, 2.24) is 0 Å². The monoisotopic (exact) mass is 350 g/mol. The summed E-state index contributed by atoms with van der Waals surface area (Å²) in [6.45, 7) is 3.86. The second-order valence-electron chi connectivity index (χ2n) is 3.95. The van der Waals surface area contributed by atoms with E-state index in [2.05, 4.69) is 15.9 Å². The average Bonchev–Trinajstić information content (AvgIpc) is 2.36. The molecule has 19 heavy (non-hydrogen) atoms. The van der Waals surface area contributed by atoms with Crippen LogP contribution >= 0.6 is 23.5 Å². The zero-order valence-corrected chi connectivity index (χ0v) is 13.4. The summed E-state index contributed by atoms with van der Waals surface area (Å²) >= 11 is 3.27. The quantitative estimate of drug-likeness (QED) is 0.797. The van der Waals surface area contributed by atoms with E-state index in [1.807, 2.05) is 13.8 Å². The Labute approximate surface area is 120 Å². The molecule has 0 aliphatic heterocycles. The molecule has 0 saturated heterocycles. The molecule has 0 saturated carbocycles. The summed E-state index contributed by atoms with van der Waals surface area (Å²) in [5, 5.41) is 0. The zero-order valence-electron chi connectivity index (χ0n) is 10.9. The van der Waals surface area contributed by atoms with Gasteiger partial charge in [-0.2, -0.15) is 0 Å². The first kappa shape index (κ1) is 16.4. The molecule has 106 valence electrons. The van der Waals surface area contributed by atoms with Gasteiger partial charge < -0.3 is 14.5 Å². The van der Waals surface area contributed by atoms with E-state index in [1.54, 1.807) is 0 Å². The largest absolute Gasteiger partial charge is 0.496 e. The van der Waals surface area contributed by atoms with Crippen LogP contribution in [0.4, 0.5) is 0 Å². The van der Waals surface area contributed by atoms with Crippen LogP contribution in [0.5, 0.6) is 5.75 Å². The summed E-state index contributed by atoms with van der Waals surface area (Å²) in [5.41, 5.74) is 0.520. The van der Waals surface area contributed by atoms with E-state index in [9.17, 15) is 9.36 Å². The number of methoxy groups -OCH3 is 1. The Bertz CT molecular complexity index is 550. The molecule has 0 bridgehead atoms. The molecule has 1 rings (SSSR count). The maximum absolute atomic E-state index is 11.8. The van der Waals surface area contributed by atoms with Crippen molar-refractivity contribution in [1.29, 1.82) is 0 Å². The van der Waals surface area contributed by atoms with Gasteiger partial charge in [0.05, 0.1) is 7.11 Å². The minimum atomic E-state index is -4.81. The second-order valence-corrected chi connectivity index (χ2v) is 6.24. The Morgan fingerprint density at radius 3 is 2.21 bits per heavy atom. The molecular formula is C12H16BrO5P. The fraction of sp³-hybridized carbons (Fsp3) is 0.417. The number of carbonyl (C=O) groups excluding carboxylic acids is 1. The number of rotatable bonds is 5. The minimum Gasteiger partial charge on any atom is -0.496 e. The molecule has 1 aromatic rings. The standard InChI is InChI=1S/C12H16BrO5P/c1-4-7-8(5-2)11(13)9(6-10(7)18-3)12(14)19(15,16)17/h6H,4-5H2,1-3H3,(H2,15,16,17). The van der Waals surface area contributed by atoms with Gasteiger partial charge in [-0.3, -0.25) is 9.36 Å². The van der Waals surface area contributed by atoms with Gasteiger partial charge in [0.1, 0.15) is 5.75 Å². The highest BCUT2D eigenvalue weighted by Gasteiger charge is 2.31. The van der Waals surface area contributed by atoms with Crippen molar-refractivity contribution in [2.45, 2.75) is 26.7 Å². The Morgan fingerprint density at radius 1 is 1.32 bits per heavy atom. The SMILES string of the molecule is CCc1c(OC)cc(C(=O)P(=O)(O)O)c(Br)c1CC. The lowest BCUT2D eigenvalue weighted by Gasteiger charge is -2.17. The maximum Gasteiger partial charge on any atom is 0.396 e. The van der Waals surface area contributed by atoms with E-state index in [4.69, 9.17) is 14.5 Å². The molecule has 2 N–H and O–H groups in total. The minimum absolute atomic E-state index is 0.0424. The van der Waals surface area contributed by atoms with Crippen molar-refractivity contribution >= 4 is 29.1 Å². The normalized spacial score (nSPS) is 11.5. The molecule has 0 fully saturated rings. The van der Waals surface area contributed by atoms with E-state index in [-0.39, 0.29) is 5.56 Å². The molecule has 0 radical (unpaired) electrons. The van der Waals surface area contributed by atoms with Crippen molar-refractivity contribution in [3.8, 4) is 5.75 Å². The number of benzene rings is 1. The van der Waals surface area contributed by atoms with Crippen LogP contribution in [-0.4, -0.2) is 22.4 Å². The molecule has 0 heterocycles. The summed E-state index contributed by atoms with van der Waals surface area (Å²) in [4.78, 5) is 29.8. The van der Waals surface area contributed by atoms with Crippen LogP contribution in [0.1, 0.15) is 35.3 Å². The van der Waals surface area contributed by atoms with E-state index in [0.717, 1.165) is 11.1 Å². The summed E-state index contributed by atoms with van der Waals surface area (Å²) in [7, 11) is -3.35. The van der Waals surface area contributed by atoms with Crippen LogP contribution < -0.4 is 4.74 Å². The summed E-state index contributed by atoms with van der Waals surface area (Å²) in [5.74, 6) is 0.472. The number of halogens is 1. The van der Waals surface area contributed by atoms with Crippen LogP contribution in [0.2, 0.25) is 0 Å². The smallest absolute Gasteiger partial charge is 0.396 e. The van der Waals surface area contributed by atoms with Crippen molar-refractivity contribution in [3.63, 3.8) is 0 Å². The average molecular weight is 351 g/mol. The molecule has 7 heteroatoms. The Hall–Kier alpha value is -0.680. The van der Waals surface area contributed by atoms with E-state index >= 15 is 0 Å². The van der Waals surface area contributed by atoms with Crippen molar-refractivity contribution < 1.29 is 23.9 Å². The Kier molecular flexibility index (Phi) is 5.33. The Balaban J connectivity index is 3.60. The topological polar surface area (TPSA) is 83.8 Å². The zero-order chi connectivity index (χ0) is 14.8. The van der Waals surface area contributed by atoms with Gasteiger partial charge in [-0.05, 0) is 46.0 Å². The molecule has 0 aliphatic carbocycles. The van der Waals surface area contributed by atoms with E-state index in [1.165, 1.54) is 13.2 Å². The van der Waals surface area contributed by atoms with Gasteiger partial charge in [-0.25, -0.2) is 0 Å². The van der Waals surface area contributed by atoms with Gasteiger partial charge in [0.15, 0.2) is 0 Å². The summed E-state index contributed by atoms with van der Waals surface area (Å²) in [6.07, 6.45) is 1.33. The third kappa shape index (κ3) is 3.26. The molecule has 0 atom stereocenters. The van der Waals surface area contributed by atoms with Crippen molar-refractivity contribution in [2.75, 3.05) is 7.11 Å². The number of carbonyl (C=O) groups is 1.